The normalized spacial score (nSPS) is 11.6. The summed E-state index contributed by atoms with van der Waals surface area (Å²) in [6, 6.07) is 11.0. The van der Waals surface area contributed by atoms with Crippen LogP contribution in [0.5, 0.6) is 5.75 Å². The van der Waals surface area contributed by atoms with Crippen LogP contribution in [0.4, 0.5) is 10.1 Å². The number of halogens is 2. The summed E-state index contributed by atoms with van der Waals surface area (Å²) < 4.78 is 18.7. The maximum atomic E-state index is 13.4. The van der Waals surface area contributed by atoms with E-state index < -0.39 is 6.04 Å². The maximum Gasteiger partial charge on any atom is 0.145 e. The molecule has 0 amide bonds. The molecule has 0 bridgehead atoms. The fraction of sp³-hybridized carbons (Fsp3) is 0.188. The number of hydrogen-bond acceptors (Lipinski definition) is 3. The van der Waals surface area contributed by atoms with E-state index in [0.29, 0.717) is 22.0 Å². The predicted molar refractivity (Wildman–Crippen MR) is 81.1 cm³/mol. The average Bonchev–Trinajstić information content (AvgIpc) is 2.44. The second-order valence-electron chi connectivity index (χ2n) is 4.58. The predicted octanol–water partition coefficient (Wildman–Crippen LogP) is 4.47. The highest BCUT2D eigenvalue weighted by molar-refractivity contribution is 6.31. The monoisotopic (exact) mass is 304 g/mol. The van der Waals surface area contributed by atoms with Gasteiger partial charge >= 0.3 is 0 Å². The lowest BCUT2D eigenvalue weighted by atomic mass is 10.1. The van der Waals surface area contributed by atoms with Gasteiger partial charge < -0.3 is 10.1 Å². The van der Waals surface area contributed by atoms with Crippen molar-refractivity contribution in [1.29, 1.82) is 5.26 Å². The van der Waals surface area contributed by atoms with Crippen LogP contribution in [0.25, 0.3) is 0 Å². The van der Waals surface area contributed by atoms with Gasteiger partial charge in [-0.1, -0.05) is 17.7 Å². The van der Waals surface area contributed by atoms with Gasteiger partial charge in [-0.3, -0.25) is 0 Å². The molecule has 0 radical (unpaired) electrons. The molecule has 0 aliphatic heterocycles. The Morgan fingerprint density at radius 2 is 2.10 bits per heavy atom. The second kappa shape index (κ2) is 6.47. The molecule has 3 nitrogen and oxygen atoms in total. The van der Waals surface area contributed by atoms with Gasteiger partial charge in [0.15, 0.2) is 0 Å². The van der Waals surface area contributed by atoms with E-state index in [-0.39, 0.29) is 5.82 Å². The summed E-state index contributed by atoms with van der Waals surface area (Å²) in [5.74, 6) is 0.148. The van der Waals surface area contributed by atoms with E-state index in [1.165, 1.54) is 19.2 Å². The van der Waals surface area contributed by atoms with E-state index in [1.54, 1.807) is 31.2 Å². The van der Waals surface area contributed by atoms with E-state index in [4.69, 9.17) is 16.3 Å². The highest BCUT2D eigenvalue weighted by Gasteiger charge is 2.19. The maximum absolute atomic E-state index is 13.4. The van der Waals surface area contributed by atoms with E-state index >= 15 is 0 Å². The van der Waals surface area contributed by atoms with Gasteiger partial charge in [0.2, 0.25) is 0 Å². The van der Waals surface area contributed by atoms with Crippen molar-refractivity contribution >= 4 is 17.3 Å². The lowest BCUT2D eigenvalue weighted by Crippen LogP contribution is -2.11. The molecular formula is C16H14ClFN2O. The Morgan fingerprint density at radius 1 is 1.33 bits per heavy atom. The fourth-order valence-electron chi connectivity index (χ4n) is 2.13. The third kappa shape index (κ3) is 3.45. The van der Waals surface area contributed by atoms with E-state index in [1.807, 2.05) is 0 Å². The Balaban J connectivity index is 2.39. The first kappa shape index (κ1) is 15.1. The Kier molecular flexibility index (Phi) is 4.66. The molecule has 108 valence electrons. The minimum Gasteiger partial charge on any atom is -0.496 e. The Hall–Kier alpha value is -2.25. The lowest BCUT2D eigenvalue weighted by molar-refractivity contribution is 0.409. The largest absolute Gasteiger partial charge is 0.496 e. The van der Waals surface area contributed by atoms with Crippen LogP contribution in [0, 0.1) is 24.1 Å². The standard InChI is InChI=1S/C16H14ClFN2O/c1-10-6-11(18)8-12(7-10)20-14(9-19)16-13(17)4-3-5-15(16)21-2/h3-8,14,20H,1-2H3. The lowest BCUT2D eigenvalue weighted by Gasteiger charge is -2.18. The summed E-state index contributed by atoms with van der Waals surface area (Å²) in [6.45, 7) is 1.78. The zero-order chi connectivity index (χ0) is 15.4. The fourth-order valence-corrected chi connectivity index (χ4v) is 2.41. The number of nitrogens with one attached hydrogen (secondary N) is 1. The molecule has 0 spiro atoms. The van der Waals surface area contributed by atoms with Gasteiger partial charge in [-0.05, 0) is 42.8 Å². The first-order valence-electron chi connectivity index (χ1n) is 6.31. The van der Waals surface area contributed by atoms with Crippen LogP contribution in [0.15, 0.2) is 36.4 Å². The molecule has 5 heteroatoms. The van der Waals surface area contributed by atoms with Gasteiger partial charge in [0, 0.05) is 11.3 Å². The molecule has 0 saturated carbocycles. The minimum absolute atomic E-state index is 0.361. The van der Waals surface area contributed by atoms with Crippen LogP contribution >= 0.6 is 11.6 Å². The summed E-state index contributed by atoms with van der Waals surface area (Å²) in [7, 11) is 1.51. The van der Waals surface area contributed by atoms with Crippen LogP contribution < -0.4 is 10.1 Å². The van der Waals surface area contributed by atoms with Crippen LogP contribution in [0.1, 0.15) is 17.2 Å². The minimum atomic E-state index is -0.741. The number of ether oxygens (including phenoxy) is 1. The Morgan fingerprint density at radius 3 is 2.71 bits per heavy atom. The molecule has 2 aromatic carbocycles. The van der Waals surface area contributed by atoms with Crippen molar-refractivity contribution in [3.63, 3.8) is 0 Å². The highest BCUT2D eigenvalue weighted by Crippen LogP contribution is 2.34. The van der Waals surface area contributed by atoms with Gasteiger partial charge in [0.25, 0.3) is 0 Å². The molecule has 0 aliphatic rings. The van der Waals surface area contributed by atoms with Crippen molar-refractivity contribution in [2.45, 2.75) is 13.0 Å². The van der Waals surface area contributed by atoms with Crippen molar-refractivity contribution in [3.05, 3.63) is 58.4 Å². The molecule has 1 unspecified atom stereocenters. The number of benzene rings is 2. The smallest absolute Gasteiger partial charge is 0.145 e. The SMILES string of the molecule is COc1cccc(Cl)c1C(C#N)Nc1cc(C)cc(F)c1. The quantitative estimate of drug-likeness (QED) is 0.906. The first-order valence-corrected chi connectivity index (χ1v) is 6.68. The number of rotatable bonds is 4. The summed E-state index contributed by atoms with van der Waals surface area (Å²) in [6.07, 6.45) is 0. The van der Waals surface area contributed by atoms with Crippen molar-refractivity contribution in [3.8, 4) is 11.8 Å². The van der Waals surface area contributed by atoms with E-state index in [9.17, 15) is 9.65 Å². The summed E-state index contributed by atoms with van der Waals surface area (Å²) in [5, 5.41) is 12.8. The van der Waals surface area contributed by atoms with Crippen molar-refractivity contribution < 1.29 is 9.13 Å². The molecule has 0 fully saturated rings. The molecule has 2 rings (SSSR count). The molecule has 21 heavy (non-hydrogen) atoms. The summed E-state index contributed by atoms with van der Waals surface area (Å²) >= 11 is 6.17. The van der Waals surface area contributed by atoms with Gasteiger partial charge in [0.05, 0.1) is 18.2 Å². The number of aryl methyl sites for hydroxylation is 1. The topological polar surface area (TPSA) is 45.0 Å². The summed E-state index contributed by atoms with van der Waals surface area (Å²) in [4.78, 5) is 0. The van der Waals surface area contributed by atoms with E-state index in [0.717, 1.165) is 5.56 Å². The molecule has 1 N–H and O–H groups in total. The van der Waals surface area contributed by atoms with Crippen molar-refractivity contribution in [1.82, 2.24) is 0 Å². The third-order valence-corrected chi connectivity index (χ3v) is 3.33. The van der Waals surface area contributed by atoms with Gasteiger partial charge in [-0.25, -0.2) is 4.39 Å². The molecule has 0 heterocycles. The Labute approximate surface area is 127 Å². The molecule has 1 atom stereocenters. The molecule has 2 aromatic rings. The van der Waals surface area contributed by atoms with Gasteiger partial charge in [-0.2, -0.15) is 5.26 Å². The molecule has 0 aromatic heterocycles. The van der Waals surface area contributed by atoms with E-state index in [2.05, 4.69) is 11.4 Å². The highest BCUT2D eigenvalue weighted by atomic mass is 35.5. The zero-order valence-electron chi connectivity index (χ0n) is 11.7. The summed E-state index contributed by atoms with van der Waals surface area (Å²) in [5.41, 5.74) is 1.81. The van der Waals surface area contributed by atoms with Crippen LogP contribution in [0.2, 0.25) is 5.02 Å². The molecule has 0 aliphatic carbocycles. The molecule has 0 saturated heterocycles. The van der Waals surface area contributed by atoms with Gasteiger partial charge in [0.1, 0.15) is 17.6 Å². The van der Waals surface area contributed by atoms with Crippen LogP contribution in [-0.4, -0.2) is 7.11 Å². The second-order valence-corrected chi connectivity index (χ2v) is 4.99. The zero-order valence-corrected chi connectivity index (χ0v) is 12.4. The first-order chi connectivity index (χ1) is 10.0. The van der Waals surface area contributed by atoms with Crippen molar-refractivity contribution in [2.24, 2.45) is 0 Å². The Bertz CT molecular complexity index is 677. The third-order valence-electron chi connectivity index (χ3n) is 3.00. The number of nitriles is 1. The van der Waals surface area contributed by atoms with Crippen LogP contribution in [-0.2, 0) is 0 Å². The van der Waals surface area contributed by atoms with Gasteiger partial charge in [-0.15, -0.1) is 0 Å². The number of anilines is 1. The average molecular weight is 305 g/mol. The van der Waals surface area contributed by atoms with Crippen molar-refractivity contribution in [2.75, 3.05) is 12.4 Å². The number of methoxy groups -OCH3 is 1. The molecular weight excluding hydrogens is 291 g/mol. The number of hydrogen-bond donors (Lipinski definition) is 1. The number of nitrogens with zero attached hydrogens (tertiary/aromatic N) is 1. The van der Waals surface area contributed by atoms with Crippen LogP contribution in [0.3, 0.4) is 0 Å².